The lowest BCUT2D eigenvalue weighted by Crippen LogP contribution is -2.18. The highest BCUT2D eigenvalue weighted by Crippen LogP contribution is 2.13. The Morgan fingerprint density at radius 2 is 2.54 bits per heavy atom. The van der Waals surface area contributed by atoms with Crippen molar-refractivity contribution in [2.45, 2.75) is 25.9 Å². The Morgan fingerprint density at radius 3 is 3.08 bits per heavy atom. The number of carboxylic acid groups (broad SMARTS) is 1. The first kappa shape index (κ1) is 10.5. The van der Waals surface area contributed by atoms with Gasteiger partial charge in [-0.3, -0.25) is 4.79 Å². The van der Waals surface area contributed by atoms with Gasteiger partial charge < -0.3 is 14.6 Å². The van der Waals surface area contributed by atoms with E-state index < -0.39 is 5.97 Å². The van der Waals surface area contributed by atoms with Gasteiger partial charge in [-0.05, 0) is 13.3 Å². The van der Waals surface area contributed by atoms with E-state index in [9.17, 15) is 4.79 Å². The summed E-state index contributed by atoms with van der Waals surface area (Å²) in [5.41, 5.74) is 0. The quantitative estimate of drug-likeness (QED) is 0.696. The van der Waals surface area contributed by atoms with Crippen molar-refractivity contribution < 1.29 is 19.4 Å². The van der Waals surface area contributed by atoms with Gasteiger partial charge in [0.1, 0.15) is 0 Å². The molecule has 4 nitrogen and oxygen atoms in total. The molecule has 0 aromatic carbocycles. The number of ether oxygens (including phenoxy) is 2. The summed E-state index contributed by atoms with van der Waals surface area (Å²) in [5, 5.41) is 8.47. The van der Waals surface area contributed by atoms with Gasteiger partial charge in [0, 0.05) is 12.5 Å². The molecule has 1 N–H and O–H groups in total. The van der Waals surface area contributed by atoms with Gasteiger partial charge in [-0.1, -0.05) is 0 Å². The van der Waals surface area contributed by atoms with Crippen LogP contribution in [0.5, 0.6) is 0 Å². The van der Waals surface area contributed by atoms with E-state index in [1.807, 2.05) is 0 Å². The molecule has 0 aliphatic carbocycles. The second-order valence-electron chi connectivity index (χ2n) is 3.47. The number of hydrogen-bond donors (Lipinski definition) is 1. The predicted molar refractivity (Wildman–Crippen MR) is 46.6 cm³/mol. The molecule has 1 heterocycles. The third-order valence-electron chi connectivity index (χ3n) is 2.10. The van der Waals surface area contributed by atoms with Crippen LogP contribution in [0.1, 0.15) is 19.8 Å². The highest BCUT2D eigenvalue weighted by atomic mass is 16.5. The Morgan fingerprint density at radius 1 is 1.77 bits per heavy atom. The molecule has 1 rings (SSSR count). The van der Waals surface area contributed by atoms with Crippen molar-refractivity contribution in [2.24, 2.45) is 5.92 Å². The Kier molecular flexibility index (Phi) is 4.18. The van der Waals surface area contributed by atoms with Crippen LogP contribution in [0.15, 0.2) is 0 Å². The maximum atomic E-state index is 10.3. The van der Waals surface area contributed by atoms with Gasteiger partial charge in [0.05, 0.1) is 25.7 Å². The molecule has 0 aromatic heterocycles. The molecule has 13 heavy (non-hydrogen) atoms. The van der Waals surface area contributed by atoms with Crippen LogP contribution in [0.4, 0.5) is 0 Å². The molecule has 4 heteroatoms. The second-order valence-corrected chi connectivity index (χ2v) is 3.47. The lowest BCUT2D eigenvalue weighted by Gasteiger charge is -2.13. The average molecular weight is 188 g/mol. The van der Waals surface area contributed by atoms with Gasteiger partial charge in [-0.25, -0.2) is 0 Å². The van der Waals surface area contributed by atoms with Gasteiger partial charge >= 0.3 is 5.97 Å². The van der Waals surface area contributed by atoms with Crippen LogP contribution in [0.2, 0.25) is 0 Å². The molecule has 2 unspecified atom stereocenters. The minimum atomic E-state index is -0.810. The summed E-state index contributed by atoms with van der Waals surface area (Å²) in [6.45, 7) is 3.96. The summed E-state index contributed by atoms with van der Waals surface area (Å²) in [6.07, 6.45) is 0.908. The number of hydrogen-bond acceptors (Lipinski definition) is 3. The zero-order valence-electron chi connectivity index (χ0n) is 7.86. The Balaban J connectivity index is 2.06. The molecular formula is C9H16O4. The van der Waals surface area contributed by atoms with E-state index in [2.05, 4.69) is 0 Å². The molecule has 1 aliphatic rings. The van der Waals surface area contributed by atoms with E-state index in [0.717, 1.165) is 19.6 Å². The average Bonchev–Trinajstić information content (AvgIpc) is 2.51. The number of aliphatic carboxylic acids is 1. The molecule has 76 valence electrons. The molecular weight excluding hydrogens is 172 g/mol. The number of carboxylic acids is 1. The zero-order valence-corrected chi connectivity index (χ0v) is 7.86. The van der Waals surface area contributed by atoms with Crippen LogP contribution >= 0.6 is 0 Å². The molecule has 0 saturated carbocycles. The van der Waals surface area contributed by atoms with Gasteiger partial charge in [0.15, 0.2) is 0 Å². The molecule has 0 aromatic rings. The SMILES string of the molecule is CC(CC(=O)O)OCC1CCOC1. The first-order chi connectivity index (χ1) is 6.18. The molecule has 1 saturated heterocycles. The molecule has 0 spiro atoms. The fourth-order valence-electron chi connectivity index (χ4n) is 1.32. The molecule has 2 atom stereocenters. The highest BCUT2D eigenvalue weighted by molar-refractivity contribution is 5.67. The summed E-state index contributed by atoms with van der Waals surface area (Å²) < 4.78 is 10.6. The van der Waals surface area contributed by atoms with E-state index in [1.54, 1.807) is 6.92 Å². The zero-order chi connectivity index (χ0) is 9.68. The van der Waals surface area contributed by atoms with E-state index in [1.165, 1.54) is 0 Å². The first-order valence-corrected chi connectivity index (χ1v) is 4.59. The van der Waals surface area contributed by atoms with Crippen molar-refractivity contribution in [2.75, 3.05) is 19.8 Å². The largest absolute Gasteiger partial charge is 0.481 e. The van der Waals surface area contributed by atoms with Gasteiger partial charge in [-0.15, -0.1) is 0 Å². The summed E-state index contributed by atoms with van der Waals surface area (Å²) in [5.74, 6) is -0.355. The summed E-state index contributed by atoms with van der Waals surface area (Å²) in [7, 11) is 0. The number of rotatable bonds is 5. The van der Waals surface area contributed by atoms with Gasteiger partial charge in [0.25, 0.3) is 0 Å². The van der Waals surface area contributed by atoms with Crippen molar-refractivity contribution >= 4 is 5.97 Å². The predicted octanol–water partition coefficient (Wildman–Crippen LogP) is 0.903. The minimum absolute atomic E-state index is 0.0770. The standard InChI is InChI=1S/C9H16O4/c1-7(4-9(10)11)13-6-8-2-3-12-5-8/h7-8H,2-6H2,1H3,(H,10,11). The maximum Gasteiger partial charge on any atom is 0.305 e. The van der Waals surface area contributed by atoms with E-state index in [4.69, 9.17) is 14.6 Å². The maximum absolute atomic E-state index is 10.3. The van der Waals surface area contributed by atoms with Crippen LogP contribution in [0.25, 0.3) is 0 Å². The van der Waals surface area contributed by atoms with Crippen molar-refractivity contribution in [3.05, 3.63) is 0 Å². The second kappa shape index (κ2) is 5.19. The lowest BCUT2D eigenvalue weighted by molar-refractivity contribution is -0.140. The van der Waals surface area contributed by atoms with Crippen LogP contribution in [0, 0.1) is 5.92 Å². The Labute approximate surface area is 77.8 Å². The normalized spacial score (nSPS) is 24.5. The van der Waals surface area contributed by atoms with E-state index in [-0.39, 0.29) is 12.5 Å². The van der Waals surface area contributed by atoms with Gasteiger partial charge in [-0.2, -0.15) is 0 Å². The van der Waals surface area contributed by atoms with Crippen LogP contribution in [-0.4, -0.2) is 37.0 Å². The number of carbonyl (C=O) groups is 1. The van der Waals surface area contributed by atoms with Crippen LogP contribution in [0.3, 0.4) is 0 Å². The van der Waals surface area contributed by atoms with Crippen molar-refractivity contribution in [3.8, 4) is 0 Å². The third-order valence-corrected chi connectivity index (χ3v) is 2.10. The minimum Gasteiger partial charge on any atom is -0.481 e. The van der Waals surface area contributed by atoms with Gasteiger partial charge in [0.2, 0.25) is 0 Å². The summed E-state index contributed by atoms with van der Waals surface area (Å²) in [6, 6.07) is 0. The monoisotopic (exact) mass is 188 g/mol. The van der Waals surface area contributed by atoms with Crippen molar-refractivity contribution in [1.82, 2.24) is 0 Å². The molecule has 1 aliphatic heterocycles. The molecule has 0 bridgehead atoms. The molecule has 0 radical (unpaired) electrons. The smallest absolute Gasteiger partial charge is 0.305 e. The fourth-order valence-corrected chi connectivity index (χ4v) is 1.32. The Bertz CT molecular complexity index is 163. The topological polar surface area (TPSA) is 55.8 Å². The highest BCUT2D eigenvalue weighted by Gasteiger charge is 2.17. The van der Waals surface area contributed by atoms with Crippen molar-refractivity contribution in [1.29, 1.82) is 0 Å². The Hall–Kier alpha value is -0.610. The van der Waals surface area contributed by atoms with Crippen molar-refractivity contribution in [3.63, 3.8) is 0 Å². The van der Waals surface area contributed by atoms with E-state index >= 15 is 0 Å². The lowest BCUT2D eigenvalue weighted by atomic mass is 10.1. The summed E-state index contributed by atoms with van der Waals surface area (Å²) >= 11 is 0. The van der Waals surface area contributed by atoms with Crippen LogP contribution in [-0.2, 0) is 14.3 Å². The van der Waals surface area contributed by atoms with E-state index in [0.29, 0.717) is 12.5 Å². The molecule has 0 amide bonds. The van der Waals surface area contributed by atoms with Crippen LogP contribution < -0.4 is 0 Å². The molecule has 1 fully saturated rings. The summed E-state index contributed by atoms with van der Waals surface area (Å²) in [4.78, 5) is 10.3. The third kappa shape index (κ3) is 4.24. The first-order valence-electron chi connectivity index (χ1n) is 4.59. The fraction of sp³-hybridized carbons (Fsp3) is 0.889.